The van der Waals surface area contributed by atoms with Crippen molar-refractivity contribution in [3.05, 3.63) is 53.6 Å². The van der Waals surface area contributed by atoms with Crippen molar-refractivity contribution < 1.29 is 23.8 Å². The summed E-state index contributed by atoms with van der Waals surface area (Å²) in [6.45, 7) is 4.37. The van der Waals surface area contributed by atoms with Gasteiger partial charge in [-0.25, -0.2) is 4.79 Å². The average Bonchev–Trinajstić information content (AvgIpc) is 2.63. The summed E-state index contributed by atoms with van der Waals surface area (Å²) < 4.78 is 15.3. The van der Waals surface area contributed by atoms with Crippen molar-refractivity contribution in [1.29, 1.82) is 0 Å². The molecule has 0 saturated carbocycles. The molecule has 2 N–H and O–H groups in total. The fourth-order valence-corrected chi connectivity index (χ4v) is 2.20. The SMILES string of the molecule is COCCOC(=O)Nc1cccc(NC(=O)COc2ccc(C)c(C)c2)c1. The Morgan fingerprint density at radius 2 is 1.67 bits per heavy atom. The van der Waals surface area contributed by atoms with Gasteiger partial charge in [0.05, 0.1) is 6.61 Å². The number of carbonyl (C=O) groups is 2. The standard InChI is InChI=1S/C20H24N2O5/c1-14-7-8-18(11-15(14)2)27-13-19(23)21-16-5-4-6-17(12-16)22-20(24)26-10-9-25-3/h4-8,11-12H,9-10,13H2,1-3H3,(H,21,23)(H,22,24). The Hall–Kier alpha value is -3.06. The number of ether oxygens (including phenoxy) is 3. The van der Waals surface area contributed by atoms with Crippen LogP contribution < -0.4 is 15.4 Å². The highest BCUT2D eigenvalue weighted by Gasteiger charge is 2.07. The molecular weight excluding hydrogens is 348 g/mol. The summed E-state index contributed by atoms with van der Waals surface area (Å²) in [7, 11) is 1.52. The third kappa shape index (κ3) is 6.99. The van der Waals surface area contributed by atoms with Gasteiger partial charge in [0, 0.05) is 18.5 Å². The Morgan fingerprint density at radius 3 is 2.37 bits per heavy atom. The number of methoxy groups -OCH3 is 1. The highest BCUT2D eigenvalue weighted by Crippen LogP contribution is 2.17. The van der Waals surface area contributed by atoms with Crippen molar-refractivity contribution in [2.24, 2.45) is 0 Å². The van der Waals surface area contributed by atoms with Gasteiger partial charge in [-0.3, -0.25) is 10.1 Å². The molecule has 0 aliphatic rings. The first-order valence-electron chi connectivity index (χ1n) is 8.50. The van der Waals surface area contributed by atoms with Crippen molar-refractivity contribution in [3.8, 4) is 5.75 Å². The van der Waals surface area contributed by atoms with Gasteiger partial charge in [-0.15, -0.1) is 0 Å². The predicted molar refractivity (Wildman–Crippen MR) is 103 cm³/mol. The van der Waals surface area contributed by atoms with Gasteiger partial charge in [0.25, 0.3) is 5.91 Å². The van der Waals surface area contributed by atoms with Crippen LogP contribution in [0.15, 0.2) is 42.5 Å². The molecule has 0 atom stereocenters. The third-order valence-electron chi connectivity index (χ3n) is 3.76. The highest BCUT2D eigenvalue weighted by atomic mass is 16.6. The molecule has 0 aromatic heterocycles. The van der Waals surface area contributed by atoms with E-state index in [4.69, 9.17) is 14.2 Å². The van der Waals surface area contributed by atoms with Crippen LogP contribution >= 0.6 is 0 Å². The second-order valence-electron chi connectivity index (χ2n) is 5.92. The van der Waals surface area contributed by atoms with E-state index in [1.165, 1.54) is 7.11 Å². The lowest BCUT2D eigenvalue weighted by Crippen LogP contribution is -2.20. The Kier molecular flexibility index (Phi) is 7.63. The molecule has 7 nitrogen and oxygen atoms in total. The second kappa shape index (κ2) is 10.2. The van der Waals surface area contributed by atoms with Gasteiger partial charge in [-0.2, -0.15) is 0 Å². The van der Waals surface area contributed by atoms with Crippen LogP contribution in [0.4, 0.5) is 16.2 Å². The molecule has 0 aliphatic carbocycles. The lowest BCUT2D eigenvalue weighted by Gasteiger charge is -2.11. The van der Waals surface area contributed by atoms with Crippen LogP contribution in [-0.2, 0) is 14.3 Å². The van der Waals surface area contributed by atoms with E-state index in [9.17, 15) is 9.59 Å². The summed E-state index contributed by atoms with van der Waals surface area (Å²) in [4.78, 5) is 23.7. The maximum Gasteiger partial charge on any atom is 0.411 e. The van der Waals surface area contributed by atoms with Crippen LogP contribution in [0.5, 0.6) is 5.75 Å². The molecule has 0 spiro atoms. The summed E-state index contributed by atoms with van der Waals surface area (Å²) in [6, 6.07) is 12.4. The van der Waals surface area contributed by atoms with Crippen molar-refractivity contribution in [2.75, 3.05) is 37.6 Å². The number of aryl methyl sites for hydroxylation is 2. The van der Waals surface area contributed by atoms with E-state index >= 15 is 0 Å². The molecule has 2 aromatic carbocycles. The molecule has 144 valence electrons. The second-order valence-corrected chi connectivity index (χ2v) is 5.92. The molecule has 0 aliphatic heterocycles. The molecular formula is C20H24N2O5. The van der Waals surface area contributed by atoms with Crippen LogP contribution in [0.3, 0.4) is 0 Å². The third-order valence-corrected chi connectivity index (χ3v) is 3.76. The van der Waals surface area contributed by atoms with Gasteiger partial charge in [-0.1, -0.05) is 12.1 Å². The summed E-state index contributed by atoms with van der Waals surface area (Å²) in [5.74, 6) is 0.343. The number of hydrogen-bond donors (Lipinski definition) is 2. The normalized spacial score (nSPS) is 10.2. The number of carbonyl (C=O) groups excluding carboxylic acids is 2. The molecule has 0 bridgehead atoms. The molecule has 0 radical (unpaired) electrons. The fraction of sp³-hybridized carbons (Fsp3) is 0.300. The lowest BCUT2D eigenvalue weighted by molar-refractivity contribution is -0.118. The van der Waals surface area contributed by atoms with Crippen LogP contribution in [0.1, 0.15) is 11.1 Å². The minimum Gasteiger partial charge on any atom is -0.484 e. The molecule has 0 fully saturated rings. The first-order chi connectivity index (χ1) is 13.0. The maximum absolute atomic E-state index is 12.1. The molecule has 27 heavy (non-hydrogen) atoms. The zero-order valence-corrected chi connectivity index (χ0v) is 15.7. The van der Waals surface area contributed by atoms with Gasteiger partial charge in [0.1, 0.15) is 12.4 Å². The smallest absolute Gasteiger partial charge is 0.411 e. The molecule has 0 unspecified atom stereocenters. The monoisotopic (exact) mass is 372 g/mol. The van der Waals surface area contributed by atoms with Crippen molar-refractivity contribution >= 4 is 23.4 Å². The van der Waals surface area contributed by atoms with Gasteiger partial charge in [0.15, 0.2) is 6.61 Å². The molecule has 0 heterocycles. The molecule has 2 rings (SSSR count). The summed E-state index contributed by atoms with van der Waals surface area (Å²) in [6.07, 6.45) is -0.589. The van der Waals surface area contributed by atoms with Gasteiger partial charge in [0.2, 0.25) is 0 Å². The highest BCUT2D eigenvalue weighted by molar-refractivity contribution is 5.93. The number of amides is 2. The number of rotatable bonds is 8. The van der Waals surface area contributed by atoms with E-state index in [1.54, 1.807) is 24.3 Å². The summed E-state index contributed by atoms with van der Waals surface area (Å²) in [5.41, 5.74) is 3.31. The topological polar surface area (TPSA) is 85.9 Å². The van der Waals surface area contributed by atoms with Crippen LogP contribution in [0.2, 0.25) is 0 Å². The Labute approximate surface area is 158 Å². The van der Waals surface area contributed by atoms with Gasteiger partial charge >= 0.3 is 6.09 Å². The molecule has 0 saturated heterocycles. The minimum absolute atomic E-state index is 0.112. The molecule has 7 heteroatoms. The number of nitrogens with one attached hydrogen (secondary N) is 2. The van der Waals surface area contributed by atoms with Crippen molar-refractivity contribution in [1.82, 2.24) is 0 Å². The fourth-order valence-electron chi connectivity index (χ4n) is 2.20. The van der Waals surface area contributed by atoms with Crippen LogP contribution in [-0.4, -0.2) is 38.9 Å². The Balaban J connectivity index is 1.84. The first kappa shape index (κ1) is 20.3. The zero-order chi connectivity index (χ0) is 19.6. The van der Waals surface area contributed by atoms with E-state index in [0.717, 1.165) is 11.1 Å². The van der Waals surface area contributed by atoms with Crippen molar-refractivity contribution in [3.63, 3.8) is 0 Å². The Bertz CT molecular complexity index is 792. The van der Waals surface area contributed by atoms with E-state index < -0.39 is 6.09 Å². The maximum atomic E-state index is 12.1. The van der Waals surface area contributed by atoms with E-state index in [0.29, 0.717) is 23.7 Å². The van der Waals surface area contributed by atoms with Crippen LogP contribution in [0.25, 0.3) is 0 Å². The minimum atomic E-state index is -0.589. The number of hydrogen-bond acceptors (Lipinski definition) is 5. The van der Waals surface area contributed by atoms with Crippen molar-refractivity contribution in [2.45, 2.75) is 13.8 Å². The van der Waals surface area contributed by atoms with E-state index in [1.807, 2.05) is 32.0 Å². The van der Waals surface area contributed by atoms with Gasteiger partial charge < -0.3 is 19.5 Å². The lowest BCUT2D eigenvalue weighted by atomic mass is 10.1. The van der Waals surface area contributed by atoms with Crippen LogP contribution in [0, 0.1) is 13.8 Å². The Morgan fingerprint density at radius 1 is 0.926 bits per heavy atom. The predicted octanol–water partition coefficient (Wildman–Crippen LogP) is 3.52. The number of benzene rings is 2. The summed E-state index contributed by atoms with van der Waals surface area (Å²) in [5, 5.41) is 5.31. The molecule has 2 amide bonds. The average molecular weight is 372 g/mol. The first-order valence-corrected chi connectivity index (χ1v) is 8.50. The quantitative estimate of drug-likeness (QED) is 0.693. The van der Waals surface area contributed by atoms with E-state index in [2.05, 4.69) is 10.6 Å². The van der Waals surface area contributed by atoms with Gasteiger partial charge in [-0.05, 0) is 55.3 Å². The zero-order valence-electron chi connectivity index (χ0n) is 15.7. The molecule has 2 aromatic rings. The largest absolute Gasteiger partial charge is 0.484 e. The van der Waals surface area contributed by atoms with E-state index in [-0.39, 0.29) is 19.1 Å². The summed E-state index contributed by atoms with van der Waals surface area (Å²) >= 11 is 0. The number of anilines is 2.